The van der Waals surface area contributed by atoms with Gasteiger partial charge in [-0.1, -0.05) is 0 Å². The van der Waals surface area contributed by atoms with Crippen LogP contribution >= 0.6 is 0 Å². The van der Waals surface area contributed by atoms with Crippen LogP contribution in [0.4, 0.5) is 4.79 Å². The van der Waals surface area contributed by atoms with Crippen LogP contribution in [0.2, 0.25) is 0 Å². The Balaban J connectivity index is 1.58. The van der Waals surface area contributed by atoms with Crippen molar-refractivity contribution in [3.8, 4) is 5.82 Å². The van der Waals surface area contributed by atoms with Crippen molar-refractivity contribution in [1.29, 1.82) is 0 Å². The molecule has 0 radical (unpaired) electrons. The predicted molar refractivity (Wildman–Crippen MR) is 85.2 cm³/mol. The van der Waals surface area contributed by atoms with E-state index in [2.05, 4.69) is 15.3 Å². The zero-order chi connectivity index (χ0) is 16.1. The summed E-state index contributed by atoms with van der Waals surface area (Å²) in [4.78, 5) is 22.4. The van der Waals surface area contributed by atoms with E-state index >= 15 is 0 Å². The second-order valence-electron chi connectivity index (χ2n) is 5.60. The largest absolute Gasteiger partial charge is 0.380 e. The van der Waals surface area contributed by atoms with E-state index in [1.54, 1.807) is 25.8 Å². The molecule has 3 rings (SSSR count). The van der Waals surface area contributed by atoms with Gasteiger partial charge in [-0.2, -0.15) is 0 Å². The van der Waals surface area contributed by atoms with Gasteiger partial charge >= 0.3 is 6.03 Å². The van der Waals surface area contributed by atoms with Crippen LogP contribution in [0, 0.1) is 0 Å². The molecule has 0 bridgehead atoms. The third-order valence-corrected chi connectivity index (χ3v) is 4.02. The van der Waals surface area contributed by atoms with Crippen LogP contribution in [0.3, 0.4) is 0 Å². The van der Waals surface area contributed by atoms with E-state index in [9.17, 15) is 4.79 Å². The number of carbonyl (C=O) groups excluding carboxylic acids is 1. The molecule has 1 aliphatic rings. The lowest BCUT2D eigenvalue weighted by Crippen LogP contribution is -2.47. The van der Waals surface area contributed by atoms with Gasteiger partial charge in [0.15, 0.2) is 0 Å². The van der Waals surface area contributed by atoms with E-state index in [-0.39, 0.29) is 12.1 Å². The number of hydrogen-bond acceptors (Lipinski definition) is 4. The number of rotatable bonds is 4. The number of nitrogens with zero attached hydrogens (tertiary/aromatic N) is 4. The topological polar surface area (TPSA) is 72.3 Å². The number of ether oxygens (including phenoxy) is 1. The number of likely N-dealkylation sites (tertiary alicyclic amines) is 1. The average Bonchev–Trinajstić information content (AvgIpc) is 3.14. The Kier molecular flexibility index (Phi) is 4.87. The molecule has 1 unspecified atom stereocenters. The molecule has 0 spiro atoms. The van der Waals surface area contributed by atoms with Crippen molar-refractivity contribution in [1.82, 2.24) is 24.8 Å². The molecule has 2 aromatic rings. The summed E-state index contributed by atoms with van der Waals surface area (Å²) in [6, 6.07) is 3.79. The summed E-state index contributed by atoms with van der Waals surface area (Å²) in [5.41, 5.74) is 0.998. The lowest BCUT2D eigenvalue weighted by molar-refractivity contribution is 0.0434. The van der Waals surface area contributed by atoms with E-state index in [4.69, 9.17) is 4.74 Å². The van der Waals surface area contributed by atoms with Crippen LogP contribution in [0.1, 0.15) is 18.4 Å². The van der Waals surface area contributed by atoms with Gasteiger partial charge in [-0.3, -0.25) is 4.57 Å². The van der Waals surface area contributed by atoms with Gasteiger partial charge in [-0.15, -0.1) is 0 Å². The van der Waals surface area contributed by atoms with Crippen LogP contribution in [-0.4, -0.2) is 51.8 Å². The Morgan fingerprint density at radius 2 is 2.39 bits per heavy atom. The maximum absolute atomic E-state index is 12.3. The Hall–Kier alpha value is -2.41. The number of amides is 2. The molecule has 3 heterocycles. The maximum atomic E-state index is 12.3. The summed E-state index contributed by atoms with van der Waals surface area (Å²) in [7, 11) is 1.70. The highest BCUT2D eigenvalue weighted by Crippen LogP contribution is 2.13. The second kappa shape index (κ2) is 7.23. The van der Waals surface area contributed by atoms with Gasteiger partial charge in [0.05, 0.1) is 6.10 Å². The fourth-order valence-corrected chi connectivity index (χ4v) is 2.71. The van der Waals surface area contributed by atoms with Gasteiger partial charge in [-0.05, 0) is 30.5 Å². The lowest BCUT2D eigenvalue weighted by Gasteiger charge is -2.31. The second-order valence-corrected chi connectivity index (χ2v) is 5.60. The minimum Gasteiger partial charge on any atom is -0.380 e. The Bertz CT molecular complexity index is 644. The Morgan fingerprint density at radius 3 is 3.17 bits per heavy atom. The number of hydrogen-bond donors (Lipinski definition) is 1. The number of urea groups is 1. The van der Waals surface area contributed by atoms with Crippen molar-refractivity contribution in [3.63, 3.8) is 0 Å². The highest BCUT2D eigenvalue weighted by atomic mass is 16.5. The summed E-state index contributed by atoms with van der Waals surface area (Å²) in [5, 5.41) is 2.96. The Morgan fingerprint density at radius 1 is 1.48 bits per heavy atom. The monoisotopic (exact) mass is 315 g/mol. The molecule has 1 N–H and O–H groups in total. The number of imidazole rings is 1. The van der Waals surface area contributed by atoms with Gasteiger partial charge in [0, 0.05) is 45.3 Å². The molecule has 2 aromatic heterocycles. The minimum absolute atomic E-state index is 0.0484. The van der Waals surface area contributed by atoms with Crippen molar-refractivity contribution >= 4 is 6.03 Å². The van der Waals surface area contributed by atoms with Crippen molar-refractivity contribution in [2.75, 3.05) is 20.2 Å². The number of pyridine rings is 1. The summed E-state index contributed by atoms with van der Waals surface area (Å²) in [6.07, 6.45) is 9.11. The van der Waals surface area contributed by atoms with Gasteiger partial charge in [0.1, 0.15) is 12.1 Å². The van der Waals surface area contributed by atoms with Crippen LogP contribution in [-0.2, 0) is 11.3 Å². The fourth-order valence-electron chi connectivity index (χ4n) is 2.71. The van der Waals surface area contributed by atoms with E-state index < -0.39 is 0 Å². The average molecular weight is 315 g/mol. The molecule has 0 aliphatic carbocycles. The van der Waals surface area contributed by atoms with Crippen molar-refractivity contribution < 1.29 is 9.53 Å². The van der Waals surface area contributed by atoms with Crippen molar-refractivity contribution in [2.24, 2.45) is 0 Å². The molecule has 1 atom stereocenters. The summed E-state index contributed by atoms with van der Waals surface area (Å²) < 4.78 is 7.19. The first-order chi connectivity index (χ1) is 11.3. The molecular weight excluding hydrogens is 294 g/mol. The number of piperidine rings is 1. The third kappa shape index (κ3) is 3.87. The smallest absolute Gasteiger partial charge is 0.317 e. The molecule has 0 saturated carbocycles. The maximum Gasteiger partial charge on any atom is 0.317 e. The first kappa shape index (κ1) is 15.5. The van der Waals surface area contributed by atoms with Crippen molar-refractivity contribution in [2.45, 2.75) is 25.5 Å². The molecular formula is C16H21N5O2. The normalized spacial score (nSPS) is 18.0. The quantitative estimate of drug-likeness (QED) is 0.930. The van der Waals surface area contributed by atoms with Gasteiger partial charge in [0.2, 0.25) is 0 Å². The third-order valence-electron chi connectivity index (χ3n) is 4.02. The number of carbonyl (C=O) groups is 1. The number of methoxy groups -OCH3 is 1. The number of nitrogens with one attached hydrogen (secondary N) is 1. The van der Waals surface area contributed by atoms with E-state index in [0.29, 0.717) is 13.1 Å². The molecule has 1 fully saturated rings. The molecule has 7 nitrogen and oxygen atoms in total. The standard InChI is InChI=1S/C16H21N5O2/c1-23-14-3-2-7-20(11-14)16(22)19-10-13-4-5-18-15(9-13)21-8-6-17-12-21/h4-6,8-9,12,14H,2-3,7,10-11H2,1H3,(H,19,22). The van der Waals surface area contributed by atoms with Gasteiger partial charge in [0.25, 0.3) is 0 Å². The SMILES string of the molecule is COC1CCCN(C(=O)NCc2ccnc(-n3ccnc3)c2)C1. The predicted octanol–water partition coefficient (Wildman–Crippen LogP) is 1.59. The van der Waals surface area contributed by atoms with Gasteiger partial charge < -0.3 is 15.0 Å². The van der Waals surface area contributed by atoms with E-state index in [0.717, 1.165) is 30.8 Å². The molecule has 122 valence electrons. The fraction of sp³-hybridized carbons (Fsp3) is 0.438. The molecule has 23 heavy (non-hydrogen) atoms. The zero-order valence-electron chi connectivity index (χ0n) is 13.2. The first-order valence-electron chi connectivity index (χ1n) is 7.75. The van der Waals surface area contributed by atoms with Gasteiger partial charge in [-0.25, -0.2) is 14.8 Å². The number of aromatic nitrogens is 3. The summed E-state index contributed by atoms with van der Waals surface area (Å²) >= 11 is 0. The highest BCUT2D eigenvalue weighted by Gasteiger charge is 2.23. The summed E-state index contributed by atoms with van der Waals surface area (Å²) in [6.45, 7) is 1.90. The van der Waals surface area contributed by atoms with Crippen LogP contribution in [0.25, 0.3) is 5.82 Å². The molecule has 2 amide bonds. The van der Waals surface area contributed by atoms with Crippen molar-refractivity contribution in [3.05, 3.63) is 42.6 Å². The van der Waals surface area contributed by atoms with Crippen LogP contribution in [0.15, 0.2) is 37.1 Å². The molecule has 1 saturated heterocycles. The molecule has 1 aliphatic heterocycles. The molecule has 7 heteroatoms. The van der Waals surface area contributed by atoms with Crippen LogP contribution in [0.5, 0.6) is 0 Å². The lowest BCUT2D eigenvalue weighted by atomic mass is 10.1. The Labute approximate surface area is 135 Å². The van der Waals surface area contributed by atoms with E-state index in [1.807, 2.05) is 27.8 Å². The molecule has 0 aromatic carbocycles. The summed E-state index contributed by atoms with van der Waals surface area (Å²) in [5.74, 6) is 0.784. The van der Waals surface area contributed by atoms with Crippen LogP contribution < -0.4 is 5.32 Å². The zero-order valence-corrected chi connectivity index (χ0v) is 13.2. The minimum atomic E-state index is -0.0484. The first-order valence-corrected chi connectivity index (χ1v) is 7.75. The van der Waals surface area contributed by atoms with E-state index in [1.165, 1.54) is 0 Å². The highest BCUT2D eigenvalue weighted by molar-refractivity contribution is 5.74.